The molecule has 4 heteroatoms. The zero-order valence-corrected chi connectivity index (χ0v) is 9.50. The lowest BCUT2D eigenvalue weighted by Crippen LogP contribution is -2.28. The van der Waals surface area contributed by atoms with Crippen molar-refractivity contribution in [3.8, 4) is 5.75 Å². The molecule has 0 amide bonds. The van der Waals surface area contributed by atoms with Crippen LogP contribution in [0.5, 0.6) is 5.75 Å². The van der Waals surface area contributed by atoms with Gasteiger partial charge >= 0.3 is 0 Å². The van der Waals surface area contributed by atoms with Crippen molar-refractivity contribution in [3.63, 3.8) is 0 Å². The summed E-state index contributed by atoms with van der Waals surface area (Å²) in [5, 5.41) is 12.7. The Morgan fingerprint density at radius 1 is 1.40 bits per heavy atom. The zero-order chi connectivity index (χ0) is 11.1. The van der Waals surface area contributed by atoms with Crippen molar-refractivity contribution in [3.05, 3.63) is 29.3 Å². The number of aliphatic hydroxyl groups excluding tert-OH is 1. The number of ether oxygens (including phenoxy) is 1. The van der Waals surface area contributed by atoms with Crippen molar-refractivity contribution in [1.82, 2.24) is 5.32 Å². The summed E-state index contributed by atoms with van der Waals surface area (Å²) in [6, 6.07) is 7.24. The van der Waals surface area contributed by atoms with Crippen LogP contribution in [0.25, 0.3) is 0 Å². The van der Waals surface area contributed by atoms with Gasteiger partial charge in [0.05, 0.1) is 6.10 Å². The molecule has 0 heterocycles. The number of halogens is 1. The van der Waals surface area contributed by atoms with Crippen molar-refractivity contribution < 1.29 is 9.84 Å². The van der Waals surface area contributed by atoms with Gasteiger partial charge in [0.25, 0.3) is 0 Å². The Morgan fingerprint density at radius 3 is 2.67 bits per heavy atom. The largest absolute Gasteiger partial charge is 0.492 e. The van der Waals surface area contributed by atoms with E-state index >= 15 is 0 Å². The first-order valence-electron chi connectivity index (χ1n) is 4.95. The van der Waals surface area contributed by atoms with Gasteiger partial charge < -0.3 is 15.2 Å². The highest BCUT2D eigenvalue weighted by molar-refractivity contribution is 6.30. The second kappa shape index (κ2) is 6.67. The molecule has 0 saturated carbocycles. The molecule has 0 aliphatic rings. The number of rotatable bonds is 6. The number of hydrogen-bond donors (Lipinski definition) is 2. The standard InChI is InChI=1S/C11H16ClNO2/c1-9(14)8-13-6-7-15-11-4-2-10(12)3-5-11/h2-5,9,13-14H,6-8H2,1H3. The van der Waals surface area contributed by atoms with Gasteiger partial charge in [0.15, 0.2) is 0 Å². The normalized spacial score (nSPS) is 12.5. The third-order valence-corrected chi connectivity index (χ3v) is 2.05. The summed E-state index contributed by atoms with van der Waals surface area (Å²) < 4.78 is 5.44. The maximum atomic E-state index is 8.98. The molecule has 15 heavy (non-hydrogen) atoms. The van der Waals surface area contributed by atoms with Crippen molar-refractivity contribution in [2.45, 2.75) is 13.0 Å². The molecule has 1 aromatic carbocycles. The SMILES string of the molecule is CC(O)CNCCOc1ccc(Cl)cc1. The van der Waals surface area contributed by atoms with E-state index in [9.17, 15) is 0 Å². The second-order valence-corrected chi connectivity index (χ2v) is 3.79. The van der Waals surface area contributed by atoms with Gasteiger partial charge in [-0.3, -0.25) is 0 Å². The smallest absolute Gasteiger partial charge is 0.119 e. The van der Waals surface area contributed by atoms with Gasteiger partial charge in [0, 0.05) is 18.1 Å². The first-order chi connectivity index (χ1) is 7.18. The molecular weight excluding hydrogens is 214 g/mol. The Kier molecular flexibility index (Phi) is 5.47. The summed E-state index contributed by atoms with van der Waals surface area (Å²) in [4.78, 5) is 0. The predicted octanol–water partition coefficient (Wildman–Crippen LogP) is 1.69. The molecule has 0 fully saturated rings. The molecule has 0 aromatic heterocycles. The van der Waals surface area contributed by atoms with Gasteiger partial charge in [-0.25, -0.2) is 0 Å². The summed E-state index contributed by atoms with van der Waals surface area (Å²) in [7, 11) is 0. The Labute approximate surface area is 95.0 Å². The summed E-state index contributed by atoms with van der Waals surface area (Å²) in [5.74, 6) is 0.804. The number of benzene rings is 1. The predicted molar refractivity (Wildman–Crippen MR) is 61.5 cm³/mol. The molecule has 1 rings (SSSR count). The van der Waals surface area contributed by atoms with E-state index < -0.39 is 0 Å². The highest BCUT2D eigenvalue weighted by Gasteiger charge is 1.95. The highest BCUT2D eigenvalue weighted by atomic mass is 35.5. The topological polar surface area (TPSA) is 41.5 Å². The van der Waals surface area contributed by atoms with E-state index in [1.54, 1.807) is 19.1 Å². The van der Waals surface area contributed by atoms with Crippen molar-refractivity contribution >= 4 is 11.6 Å². The third-order valence-electron chi connectivity index (χ3n) is 1.80. The molecule has 0 radical (unpaired) electrons. The fraction of sp³-hybridized carbons (Fsp3) is 0.455. The first-order valence-corrected chi connectivity index (χ1v) is 5.33. The fourth-order valence-electron chi connectivity index (χ4n) is 1.08. The molecule has 0 saturated heterocycles. The Hall–Kier alpha value is -0.770. The van der Waals surface area contributed by atoms with E-state index in [2.05, 4.69) is 5.32 Å². The quantitative estimate of drug-likeness (QED) is 0.730. The molecule has 2 N–H and O–H groups in total. The van der Waals surface area contributed by atoms with Crippen LogP contribution in [0.4, 0.5) is 0 Å². The molecule has 1 aromatic rings. The first kappa shape index (κ1) is 12.3. The van der Waals surface area contributed by atoms with Gasteiger partial charge in [-0.2, -0.15) is 0 Å². The molecule has 84 valence electrons. The summed E-state index contributed by atoms with van der Waals surface area (Å²) >= 11 is 5.73. The van der Waals surface area contributed by atoms with Crippen LogP contribution in [0.15, 0.2) is 24.3 Å². The third kappa shape index (κ3) is 5.62. The molecular formula is C11H16ClNO2. The average molecular weight is 230 g/mol. The maximum Gasteiger partial charge on any atom is 0.119 e. The zero-order valence-electron chi connectivity index (χ0n) is 8.74. The van der Waals surface area contributed by atoms with Crippen LogP contribution in [-0.4, -0.2) is 30.9 Å². The number of aliphatic hydroxyl groups is 1. The van der Waals surface area contributed by atoms with Gasteiger partial charge in [0.2, 0.25) is 0 Å². The van der Waals surface area contributed by atoms with E-state index in [-0.39, 0.29) is 6.10 Å². The summed E-state index contributed by atoms with van der Waals surface area (Å²) in [5.41, 5.74) is 0. The average Bonchev–Trinajstić information content (AvgIpc) is 2.20. The summed E-state index contributed by atoms with van der Waals surface area (Å²) in [6.45, 7) is 3.62. The van der Waals surface area contributed by atoms with E-state index in [1.807, 2.05) is 12.1 Å². The second-order valence-electron chi connectivity index (χ2n) is 3.36. The van der Waals surface area contributed by atoms with Crippen LogP contribution in [0.1, 0.15) is 6.92 Å². The van der Waals surface area contributed by atoms with E-state index in [1.165, 1.54) is 0 Å². The molecule has 1 atom stereocenters. The summed E-state index contributed by atoms with van der Waals surface area (Å²) in [6.07, 6.45) is -0.319. The van der Waals surface area contributed by atoms with E-state index in [0.29, 0.717) is 24.7 Å². The maximum absolute atomic E-state index is 8.98. The molecule has 3 nitrogen and oxygen atoms in total. The van der Waals surface area contributed by atoms with Gasteiger partial charge in [-0.15, -0.1) is 0 Å². The van der Waals surface area contributed by atoms with Crippen LogP contribution >= 0.6 is 11.6 Å². The van der Waals surface area contributed by atoms with Crippen LogP contribution in [0.2, 0.25) is 5.02 Å². The molecule has 0 bridgehead atoms. The lowest BCUT2D eigenvalue weighted by atomic mass is 10.3. The van der Waals surface area contributed by atoms with Crippen LogP contribution in [0.3, 0.4) is 0 Å². The van der Waals surface area contributed by atoms with Gasteiger partial charge in [-0.1, -0.05) is 11.6 Å². The minimum atomic E-state index is -0.319. The lowest BCUT2D eigenvalue weighted by molar-refractivity contribution is 0.188. The molecule has 0 spiro atoms. The fourth-order valence-corrected chi connectivity index (χ4v) is 1.21. The van der Waals surface area contributed by atoms with Crippen LogP contribution in [0, 0.1) is 0 Å². The molecule has 0 aliphatic heterocycles. The molecule has 0 aliphatic carbocycles. The van der Waals surface area contributed by atoms with Crippen LogP contribution < -0.4 is 10.1 Å². The lowest BCUT2D eigenvalue weighted by Gasteiger charge is -2.08. The number of nitrogens with one attached hydrogen (secondary N) is 1. The van der Waals surface area contributed by atoms with Crippen molar-refractivity contribution in [1.29, 1.82) is 0 Å². The van der Waals surface area contributed by atoms with Crippen molar-refractivity contribution in [2.75, 3.05) is 19.7 Å². The van der Waals surface area contributed by atoms with Gasteiger partial charge in [0.1, 0.15) is 12.4 Å². The minimum absolute atomic E-state index is 0.319. The number of hydrogen-bond acceptors (Lipinski definition) is 3. The van der Waals surface area contributed by atoms with E-state index in [0.717, 1.165) is 5.75 Å². The van der Waals surface area contributed by atoms with E-state index in [4.69, 9.17) is 21.4 Å². The minimum Gasteiger partial charge on any atom is -0.492 e. The van der Waals surface area contributed by atoms with Crippen LogP contribution in [-0.2, 0) is 0 Å². The molecule has 1 unspecified atom stereocenters. The van der Waals surface area contributed by atoms with Crippen molar-refractivity contribution in [2.24, 2.45) is 0 Å². The Balaban J connectivity index is 2.12. The highest BCUT2D eigenvalue weighted by Crippen LogP contribution is 2.14. The monoisotopic (exact) mass is 229 g/mol. The Bertz CT molecular complexity index is 274. The van der Waals surface area contributed by atoms with Gasteiger partial charge in [-0.05, 0) is 31.2 Å². The Morgan fingerprint density at radius 2 is 2.07 bits per heavy atom.